The summed E-state index contributed by atoms with van der Waals surface area (Å²) in [7, 11) is 0. The third-order valence-electron chi connectivity index (χ3n) is 3.82. The highest BCUT2D eigenvalue weighted by molar-refractivity contribution is 7.80. The Labute approximate surface area is 183 Å². The van der Waals surface area contributed by atoms with E-state index >= 15 is 0 Å². The maximum absolute atomic E-state index is 12.6. The summed E-state index contributed by atoms with van der Waals surface area (Å²) in [5.41, 5.74) is 1.31. The summed E-state index contributed by atoms with van der Waals surface area (Å²) >= 11 is 5.25. The van der Waals surface area contributed by atoms with Gasteiger partial charge in [0.1, 0.15) is 5.75 Å². The first kappa shape index (κ1) is 23.3. The van der Waals surface area contributed by atoms with Gasteiger partial charge in [-0.15, -0.1) is 0 Å². The van der Waals surface area contributed by atoms with E-state index in [1.165, 1.54) is 0 Å². The van der Waals surface area contributed by atoms with Gasteiger partial charge in [0.25, 0.3) is 11.8 Å². The summed E-state index contributed by atoms with van der Waals surface area (Å²) in [4.78, 5) is 24.8. The van der Waals surface area contributed by atoms with Crippen molar-refractivity contribution in [3.8, 4) is 5.75 Å². The van der Waals surface area contributed by atoms with Crippen molar-refractivity contribution in [3.05, 3.63) is 59.7 Å². The minimum absolute atomic E-state index is 0.150. The Morgan fingerprint density at radius 1 is 1.00 bits per heavy atom. The Bertz CT molecular complexity index is 903. The van der Waals surface area contributed by atoms with E-state index in [2.05, 4.69) is 16.0 Å². The molecule has 30 heavy (non-hydrogen) atoms. The monoisotopic (exact) mass is 427 g/mol. The number of anilines is 1. The lowest BCUT2D eigenvalue weighted by atomic mass is 10.1. The Morgan fingerprint density at radius 2 is 1.63 bits per heavy atom. The molecule has 2 amide bonds. The summed E-state index contributed by atoms with van der Waals surface area (Å²) in [5.74, 6) is 0.356. The fourth-order valence-corrected chi connectivity index (χ4v) is 2.70. The fraction of sp³-hybridized carbons (Fsp3) is 0.348. The van der Waals surface area contributed by atoms with Crippen LogP contribution in [0.25, 0.3) is 0 Å². The maximum atomic E-state index is 12.6. The van der Waals surface area contributed by atoms with Gasteiger partial charge in [-0.1, -0.05) is 26.0 Å². The number of amides is 2. The van der Waals surface area contributed by atoms with E-state index in [-0.39, 0.29) is 22.5 Å². The van der Waals surface area contributed by atoms with Gasteiger partial charge in [0.05, 0.1) is 12.2 Å². The van der Waals surface area contributed by atoms with Crippen LogP contribution >= 0.6 is 12.2 Å². The maximum Gasteiger partial charge on any atom is 0.261 e. The molecule has 7 heteroatoms. The van der Waals surface area contributed by atoms with E-state index in [1.54, 1.807) is 42.5 Å². The second-order valence-corrected chi connectivity index (χ2v) is 8.80. The lowest BCUT2D eigenvalue weighted by Gasteiger charge is -2.20. The number of ether oxygens (including phenoxy) is 1. The van der Waals surface area contributed by atoms with Crippen molar-refractivity contribution < 1.29 is 14.3 Å². The molecule has 3 N–H and O–H groups in total. The average molecular weight is 428 g/mol. The number of carbonyl (C=O) groups is 2. The highest BCUT2D eigenvalue weighted by Gasteiger charge is 2.16. The molecule has 0 fully saturated rings. The molecule has 2 aromatic rings. The number of para-hydroxylation sites is 1. The molecule has 0 heterocycles. The molecule has 0 aliphatic carbocycles. The topological polar surface area (TPSA) is 79.5 Å². The molecule has 2 aromatic carbocycles. The summed E-state index contributed by atoms with van der Waals surface area (Å²) in [6, 6.07) is 13.9. The molecule has 0 radical (unpaired) electrons. The highest BCUT2D eigenvalue weighted by Crippen LogP contribution is 2.19. The van der Waals surface area contributed by atoms with Crippen LogP contribution in [0.4, 0.5) is 5.69 Å². The SMILES string of the molecule is CC(C)COc1ccccc1C(=O)NC(=S)Nc1ccc(C(=O)NC(C)(C)C)cc1. The Kier molecular flexibility index (Phi) is 7.94. The molecule has 0 bridgehead atoms. The van der Waals surface area contributed by atoms with Crippen LogP contribution in [0.1, 0.15) is 55.3 Å². The van der Waals surface area contributed by atoms with Crippen molar-refractivity contribution in [1.82, 2.24) is 10.6 Å². The molecule has 0 saturated carbocycles. The van der Waals surface area contributed by atoms with Crippen LogP contribution in [-0.4, -0.2) is 29.1 Å². The first-order valence-electron chi connectivity index (χ1n) is 9.82. The predicted octanol–water partition coefficient (Wildman–Crippen LogP) is 4.38. The zero-order valence-corrected chi connectivity index (χ0v) is 18.9. The van der Waals surface area contributed by atoms with Crippen molar-refractivity contribution in [2.75, 3.05) is 11.9 Å². The molecule has 6 nitrogen and oxygen atoms in total. The van der Waals surface area contributed by atoms with Gasteiger partial charge in [-0.05, 0) is 75.3 Å². The summed E-state index contributed by atoms with van der Waals surface area (Å²) < 4.78 is 5.73. The van der Waals surface area contributed by atoms with E-state index in [0.29, 0.717) is 35.1 Å². The quantitative estimate of drug-likeness (QED) is 0.597. The molecule has 0 unspecified atom stereocenters. The predicted molar refractivity (Wildman–Crippen MR) is 124 cm³/mol. The number of carbonyl (C=O) groups excluding carboxylic acids is 2. The molecule has 0 aliphatic heterocycles. The second kappa shape index (κ2) is 10.2. The van der Waals surface area contributed by atoms with Gasteiger partial charge in [-0.25, -0.2) is 0 Å². The van der Waals surface area contributed by atoms with Crippen molar-refractivity contribution in [3.63, 3.8) is 0 Å². The Balaban J connectivity index is 1.98. The first-order valence-corrected chi connectivity index (χ1v) is 10.2. The molecular weight excluding hydrogens is 398 g/mol. The van der Waals surface area contributed by atoms with E-state index < -0.39 is 0 Å². The van der Waals surface area contributed by atoms with Gasteiger partial charge in [-0.3, -0.25) is 14.9 Å². The normalized spacial score (nSPS) is 11.0. The van der Waals surface area contributed by atoms with Crippen molar-refractivity contribution in [2.24, 2.45) is 5.92 Å². The van der Waals surface area contributed by atoms with Gasteiger partial charge in [0, 0.05) is 16.8 Å². The molecule has 2 rings (SSSR count). The van der Waals surface area contributed by atoms with Gasteiger partial charge in [-0.2, -0.15) is 0 Å². The third kappa shape index (κ3) is 7.48. The van der Waals surface area contributed by atoms with Crippen LogP contribution in [0.5, 0.6) is 5.75 Å². The van der Waals surface area contributed by atoms with Crippen LogP contribution in [0.15, 0.2) is 48.5 Å². The fourth-order valence-electron chi connectivity index (χ4n) is 2.49. The highest BCUT2D eigenvalue weighted by atomic mass is 32.1. The van der Waals surface area contributed by atoms with E-state index in [4.69, 9.17) is 17.0 Å². The standard InChI is InChI=1S/C23H29N3O3S/c1-15(2)14-29-19-9-7-6-8-18(19)21(28)25-22(30)24-17-12-10-16(11-13-17)20(27)26-23(3,4)5/h6-13,15H,14H2,1-5H3,(H,26,27)(H2,24,25,28,30). The van der Waals surface area contributed by atoms with Crippen molar-refractivity contribution in [2.45, 2.75) is 40.2 Å². The lowest BCUT2D eigenvalue weighted by molar-refractivity contribution is 0.0918. The Hall–Kier alpha value is -2.93. The first-order chi connectivity index (χ1) is 14.0. The summed E-state index contributed by atoms with van der Waals surface area (Å²) in [5, 5.41) is 8.68. The minimum Gasteiger partial charge on any atom is -0.492 e. The molecular formula is C23H29N3O3S. The summed E-state index contributed by atoms with van der Waals surface area (Å²) in [6.45, 7) is 10.4. The van der Waals surface area contributed by atoms with Gasteiger partial charge >= 0.3 is 0 Å². The van der Waals surface area contributed by atoms with Crippen molar-refractivity contribution in [1.29, 1.82) is 0 Å². The number of benzene rings is 2. The molecule has 0 spiro atoms. The molecule has 160 valence electrons. The van der Waals surface area contributed by atoms with Gasteiger partial charge in [0.2, 0.25) is 0 Å². The number of nitrogens with one attached hydrogen (secondary N) is 3. The smallest absolute Gasteiger partial charge is 0.261 e. The molecule has 0 atom stereocenters. The van der Waals surface area contributed by atoms with Crippen LogP contribution < -0.4 is 20.7 Å². The average Bonchev–Trinajstić information content (AvgIpc) is 2.65. The van der Waals surface area contributed by atoms with Crippen molar-refractivity contribution >= 4 is 34.8 Å². The minimum atomic E-state index is -0.354. The summed E-state index contributed by atoms with van der Waals surface area (Å²) in [6.07, 6.45) is 0. The van der Waals surface area contributed by atoms with E-state index in [9.17, 15) is 9.59 Å². The van der Waals surface area contributed by atoms with Gasteiger partial charge < -0.3 is 15.4 Å². The number of rotatable bonds is 6. The zero-order valence-electron chi connectivity index (χ0n) is 18.0. The largest absolute Gasteiger partial charge is 0.492 e. The number of hydrogen-bond acceptors (Lipinski definition) is 4. The Morgan fingerprint density at radius 3 is 2.23 bits per heavy atom. The molecule has 0 aliphatic rings. The number of hydrogen-bond donors (Lipinski definition) is 3. The molecule has 0 aromatic heterocycles. The van der Waals surface area contributed by atoms with Crippen LogP contribution in [0, 0.1) is 5.92 Å². The van der Waals surface area contributed by atoms with E-state index in [1.807, 2.05) is 40.7 Å². The second-order valence-electron chi connectivity index (χ2n) is 8.39. The number of thiocarbonyl (C=S) groups is 1. The van der Waals surface area contributed by atoms with Gasteiger partial charge in [0.15, 0.2) is 5.11 Å². The molecule has 0 saturated heterocycles. The van der Waals surface area contributed by atoms with Crippen LogP contribution in [0.3, 0.4) is 0 Å². The lowest BCUT2D eigenvalue weighted by Crippen LogP contribution is -2.40. The van der Waals surface area contributed by atoms with E-state index in [0.717, 1.165) is 0 Å². The van der Waals surface area contributed by atoms with Crippen LogP contribution in [0.2, 0.25) is 0 Å². The van der Waals surface area contributed by atoms with Crippen LogP contribution in [-0.2, 0) is 0 Å². The zero-order chi connectivity index (χ0) is 22.3. The third-order valence-corrected chi connectivity index (χ3v) is 4.03.